The van der Waals surface area contributed by atoms with Gasteiger partial charge < -0.3 is 5.32 Å². The summed E-state index contributed by atoms with van der Waals surface area (Å²) in [4.78, 5) is 3.87. The Hall–Kier alpha value is -0.670. The zero-order chi connectivity index (χ0) is 10.4. The van der Waals surface area contributed by atoms with Gasteiger partial charge in [-0.1, -0.05) is 11.6 Å². The largest absolute Gasteiger partial charge is 0.311 e. The summed E-state index contributed by atoms with van der Waals surface area (Å²) in [6.07, 6.45) is 5.26. The number of halogens is 2. The molecule has 3 atom stereocenters. The van der Waals surface area contributed by atoms with Crippen LogP contribution in [0.15, 0.2) is 12.3 Å². The number of aromatic nitrogens is 1. The highest BCUT2D eigenvalue weighted by Gasteiger charge is 2.39. The standard InChI is InChI=1S/C11H12ClFN2/c12-11-9(13)3-6(5-14-11)8-4-7-1-2-10(8)15-7/h3,5,7-8,10,15H,1-2,4H2. The third-order valence-electron chi connectivity index (χ3n) is 3.55. The summed E-state index contributed by atoms with van der Waals surface area (Å²) in [7, 11) is 0. The van der Waals surface area contributed by atoms with Crippen LogP contribution in [0.4, 0.5) is 4.39 Å². The quantitative estimate of drug-likeness (QED) is 0.745. The summed E-state index contributed by atoms with van der Waals surface area (Å²) in [6, 6.07) is 2.67. The van der Waals surface area contributed by atoms with E-state index in [-0.39, 0.29) is 5.15 Å². The van der Waals surface area contributed by atoms with Gasteiger partial charge in [-0.15, -0.1) is 0 Å². The molecule has 0 radical (unpaired) electrons. The van der Waals surface area contributed by atoms with Crippen LogP contribution in [0.5, 0.6) is 0 Å². The minimum atomic E-state index is -0.406. The average molecular weight is 227 g/mol. The zero-order valence-corrected chi connectivity index (χ0v) is 8.97. The normalized spacial score (nSPS) is 33.6. The minimum Gasteiger partial charge on any atom is -0.311 e. The van der Waals surface area contributed by atoms with Crippen LogP contribution in [0.1, 0.15) is 30.7 Å². The van der Waals surface area contributed by atoms with Crippen molar-refractivity contribution in [3.8, 4) is 0 Å². The van der Waals surface area contributed by atoms with Gasteiger partial charge in [0.1, 0.15) is 0 Å². The molecule has 3 rings (SSSR count). The fourth-order valence-corrected chi connectivity index (χ4v) is 2.93. The molecule has 2 nitrogen and oxygen atoms in total. The Labute approximate surface area is 92.8 Å². The van der Waals surface area contributed by atoms with E-state index >= 15 is 0 Å². The highest BCUT2D eigenvalue weighted by Crippen LogP contribution is 2.40. The first-order valence-corrected chi connectivity index (χ1v) is 5.69. The molecule has 2 bridgehead atoms. The topological polar surface area (TPSA) is 24.9 Å². The van der Waals surface area contributed by atoms with E-state index in [0.29, 0.717) is 18.0 Å². The van der Waals surface area contributed by atoms with Gasteiger partial charge in [0.2, 0.25) is 0 Å². The van der Waals surface area contributed by atoms with E-state index in [1.54, 1.807) is 6.20 Å². The third kappa shape index (κ3) is 1.54. The molecule has 4 heteroatoms. The van der Waals surface area contributed by atoms with Crippen LogP contribution in [0.25, 0.3) is 0 Å². The molecule has 2 aliphatic heterocycles. The molecule has 1 aromatic rings. The highest BCUT2D eigenvalue weighted by molar-refractivity contribution is 6.29. The second-order valence-electron chi connectivity index (χ2n) is 4.43. The zero-order valence-electron chi connectivity index (χ0n) is 8.21. The Morgan fingerprint density at radius 2 is 2.33 bits per heavy atom. The van der Waals surface area contributed by atoms with Gasteiger partial charge in [-0.2, -0.15) is 0 Å². The predicted octanol–water partition coefficient (Wildman–Crippen LogP) is 2.48. The van der Waals surface area contributed by atoms with E-state index in [1.165, 1.54) is 18.9 Å². The molecular formula is C11H12ClFN2. The number of hydrogen-bond donors (Lipinski definition) is 1. The van der Waals surface area contributed by atoms with Crippen LogP contribution in [0.2, 0.25) is 5.15 Å². The maximum atomic E-state index is 13.3. The van der Waals surface area contributed by atoms with Crippen molar-refractivity contribution in [1.29, 1.82) is 0 Å². The second-order valence-corrected chi connectivity index (χ2v) is 4.79. The summed E-state index contributed by atoms with van der Waals surface area (Å²) in [5, 5.41) is 3.49. The number of fused-ring (bicyclic) bond motifs is 2. The van der Waals surface area contributed by atoms with Crippen molar-refractivity contribution >= 4 is 11.6 Å². The van der Waals surface area contributed by atoms with Gasteiger partial charge in [0, 0.05) is 24.2 Å². The molecule has 0 saturated carbocycles. The molecule has 2 fully saturated rings. The molecule has 15 heavy (non-hydrogen) atoms. The van der Waals surface area contributed by atoms with E-state index in [0.717, 1.165) is 12.0 Å². The van der Waals surface area contributed by atoms with Gasteiger partial charge in [-0.25, -0.2) is 9.37 Å². The van der Waals surface area contributed by atoms with Crippen molar-refractivity contribution in [3.05, 3.63) is 28.8 Å². The number of pyridine rings is 1. The second kappa shape index (κ2) is 3.42. The lowest BCUT2D eigenvalue weighted by Gasteiger charge is -2.20. The molecular weight excluding hydrogens is 215 g/mol. The molecule has 1 aromatic heterocycles. The summed E-state index contributed by atoms with van der Waals surface area (Å²) in [6.45, 7) is 0. The molecule has 0 amide bonds. The van der Waals surface area contributed by atoms with Crippen molar-refractivity contribution in [2.75, 3.05) is 0 Å². The fraction of sp³-hybridized carbons (Fsp3) is 0.545. The van der Waals surface area contributed by atoms with E-state index < -0.39 is 5.82 Å². The van der Waals surface area contributed by atoms with Gasteiger partial charge in [0.25, 0.3) is 0 Å². The molecule has 3 heterocycles. The molecule has 80 valence electrons. The van der Waals surface area contributed by atoms with Gasteiger partial charge in [-0.05, 0) is 30.9 Å². The fourth-order valence-electron chi connectivity index (χ4n) is 2.83. The van der Waals surface area contributed by atoms with Crippen LogP contribution >= 0.6 is 11.6 Å². The van der Waals surface area contributed by atoms with Crippen LogP contribution in [-0.4, -0.2) is 17.1 Å². The molecule has 2 aliphatic rings. The highest BCUT2D eigenvalue weighted by atomic mass is 35.5. The van der Waals surface area contributed by atoms with Crippen molar-refractivity contribution in [2.24, 2.45) is 0 Å². The predicted molar refractivity (Wildman–Crippen MR) is 56.5 cm³/mol. The van der Waals surface area contributed by atoms with E-state index in [9.17, 15) is 4.39 Å². The first-order valence-electron chi connectivity index (χ1n) is 5.31. The lowest BCUT2D eigenvalue weighted by atomic mass is 9.85. The van der Waals surface area contributed by atoms with Crippen LogP contribution in [0.3, 0.4) is 0 Å². The SMILES string of the molecule is Fc1cc(C2CC3CCC2N3)cnc1Cl. The molecule has 1 N–H and O–H groups in total. The van der Waals surface area contributed by atoms with Crippen LogP contribution in [0, 0.1) is 5.82 Å². The van der Waals surface area contributed by atoms with Crippen molar-refractivity contribution in [2.45, 2.75) is 37.3 Å². The number of nitrogens with zero attached hydrogens (tertiary/aromatic N) is 1. The molecule has 2 saturated heterocycles. The monoisotopic (exact) mass is 226 g/mol. The van der Waals surface area contributed by atoms with E-state index in [4.69, 9.17) is 11.6 Å². The summed E-state index contributed by atoms with van der Waals surface area (Å²) in [5.41, 5.74) is 0.983. The first-order chi connectivity index (χ1) is 7.24. The van der Waals surface area contributed by atoms with Crippen molar-refractivity contribution < 1.29 is 4.39 Å². The molecule has 0 aromatic carbocycles. The van der Waals surface area contributed by atoms with Crippen LogP contribution in [-0.2, 0) is 0 Å². The van der Waals surface area contributed by atoms with E-state index in [2.05, 4.69) is 10.3 Å². The first kappa shape index (κ1) is 9.55. The van der Waals surface area contributed by atoms with Crippen molar-refractivity contribution in [1.82, 2.24) is 10.3 Å². The lowest BCUT2D eigenvalue weighted by molar-refractivity contribution is 0.501. The van der Waals surface area contributed by atoms with Crippen LogP contribution < -0.4 is 5.32 Å². The maximum absolute atomic E-state index is 13.3. The average Bonchev–Trinajstić information content (AvgIpc) is 2.83. The molecule has 0 aliphatic carbocycles. The maximum Gasteiger partial charge on any atom is 0.164 e. The Balaban J connectivity index is 1.90. The smallest absolute Gasteiger partial charge is 0.164 e. The van der Waals surface area contributed by atoms with E-state index in [1.807, 2.05) is 0 Å². The summed E-state index contributed by atoms with van der Waals surface area (Å²) >= 11 is 5.56. The van der Waals surface area contributed by atoms with Gasteiger partial charge in [-0.3, -0.25) is 0 Å². The third-order valence-corrected chi connectivity index (χ3v) is 3.82. The number of hydrogen-bond acceptors (Lipinski definition) is 2. The lowest BCUT2D eigenvalue weighted by Crippen LogP contribution is -2.21. The van der Waals surface area contributed by atoms with Gasteiger partial charge in [0.05, 0.1) is 0 Å². The Morgan fingerprint density at radius 1 is 1.47 bits per heavy atom. The number of nitrogens with one attached hydrogen (secondary N) is 1. The Bertz CT molecular complexity index is 396. The Kier molecular flexibility index (Phi) is 2.18. The number of rotatable bonds is 1. The summed E-state index contributed by atoms with van der Waals surface area (Å²) < 4.78 is 13.3. The van der Waals surface area contributed by atoms with Crippen molar-refractivity contribution in [3.63, 3.8) is 0 Å². The van der Waals surface area contributed by atoms with Gasteiger partial charge in [0.15, 0.2) is 11.0 Å². The van der Waals surface area contributed by atoms with Gasteiger partial charge >= 0.3 is 0 Å². The summed E-state index contributed by atoms with van der Waals surface area (Å²) in [5.74, 6) is 0.0138. The molecule has 3 unspecified atom stereocenters. The minimum absolute atomic E-state index is 0.0325. The Morgan fingerprint density at radius 3 is 2.93 bits per heavy atom. The molecule has 0 spiro atoms.